The Morgan fingerprint density at radius 2 is 1.86 bits per heavy atom. The molecule has 0 amide bonds. The number of rotatable bonds is 3. The highest BCUT2D eigenvalue weighted by molar-refractivity contribution is 4.83. The third-order valence-corrected chi connectivity index (χ3v) is 3.97. The molecule has 1 aliphatic carbocycles. The van der Waals surface area contributed by atoms with Gasteiger partial charge in [0.25, 0.3) is 0 Å². The van der Waals surface area contributed by atoms with E-state index in [9.17, 15) is 0 Å². The van der Waals surface area contributed by atoms with E-state index < -0.39 is 0 Å². The predicted molar refractivity (Wildman–Crippen MR) is 60.2 cm³/mol. The van der Waals surface area contributed by atoms with E-state index in [0.717, 1.165) is 12.0 Å². The van der Waals surface area contributed by atoms with Gasteiger partial charge < -0.3 is 11.1 Å². The molecule has 82 valence electrons. The SMILES string of the molecule is NC(CC1CCCN1)C1CCCCC1. The number of hydrogen-bond donors (Lipinski definition) is 2. The highest BCUT2D eigenvalue weighted by atomic mass is 14.9. The summed E-state index contributed by atoms with van der Waals surface area (Å²) >= 11 is 0. The maximum absolute atomic E-state index is 6.29. The zero-order chi connectivity index (χ0) is 9.80. The summed E-state index contributed by atoms with van der Waals surface area (Å²) < 4.78 is 0. The molecule has 1 saturated heterocycles. The Bertz CT molecular complexity index is 158. The van der Waals surface area contributed by atoms with E-state index in [-0.39, 0.29) is 0 Å². The van der Waals surface area contributed by atoms with Crippen LogP contribution in [0.2, 0.25) is 0 Å². The Morgan fingerprint density at radius 1 is 1.07 bits per heavy atom. The summed E-state index contributed by atoms with van der Waals surface area (Å²) in [5.74, 6) is 0.825. The Balaban J connectivity index is 1.72. The van der Waals surface area contributed by atoms with Crippen LogP contribution in [0.25, 0.3) is 0 Å². The van der Waals surface area contributed by atoms with Gasteiger partial charge in [-0.2, -0.15) is 0 Å². The van der Waals surface area contributed by atoms with Gasteiger partial charge in [-0.3, -0.25) is 0 Å². The van der Waals surface area contributed by atoms with Crippen LogP contribution in [0.4, 0.5) is 0 Å². The van der Waals surface area contributed by atoms with Crippen molar-refractivity contribution in [2.45, 2.75) is 63.5 Å². The summed E-state index contributed by atoms with van der Waals surface area (Å²) in [4.78, 5) is 0. The van der Waals surface area contributed by atoms with Crippen molar-refractivity contribution in [1.29, 1.82) is 0 Å². The number of nitrogens with one attached hydrogen (secondary N) is 1. The third kappa shape index (κ3) is 2.71. The molecular weight excluding hydrogens is 172 g/mol. The molecule has 1 heterocycles. The monoisotopic (exact) mass is 196 g/mol. The molecule has 1 aliphatic heterocycles. The van der Waals surface area contributed by atoms with Gasteiger partial charge in [-0.15, -0.1) is 0 Å². The first-order valence-electron chi connectivity index (χ1n) is 6.35. The standard InChI is InChI=1S/C12H24N2/c13-12(9-11-7-4-8-14-11)10-5-2-1-3-6-10/h10-12,14H,1-9,13H2. The molecule has 3 N–H and O–H groups in total. The van der Waals surface area contributed by atoms with Crippen molar-refractivity contribution in [3.8, 4) is 0 Å². The molecule has 0 bridgehead atoms. The van der Waals surface area contributed by atoms with Gasteiger partial charge in [0.05, 0.1) is 0 Å². The van der Waals surface area contributed by atoms with Gasteiger partial charge in [0.2, 0.25) is 0 Å². The van der Waals surface area contributed by atoms with Crippen LogP contribution in [0.3, 0.4) is 0 Å². The van der Waals surface area contributed by atoms with E-state index in [1.807, 2.05) is 0 Å². The molecule has 2 fully saturated rings. The fraction of sp³-hybridized carbons (Fsp3) is 1.00. The Hall–Kier alpha value is -0.0800. The molecule has 0 aromatic rings. The zero-order valence-electron chi connectivity index (χ0n) is 9.17. The lowest BCUT2D eigenvalue weighted by molar-refractivity contribution is 0.280. The summed E-state index contributed by atoms with van der Waals surface area (Å²) in [5.41, 5.74) is 6.29. The van der Waals surface area contributed by atoms with E-state index >= 15 is 0 Å². The molecule has 14 heavy (non-hydrogen) atoms. The average molecular weight is 196 g/mol. The average Bonchev–Trinajstić information content (AvgIpc) is 2.72. The van der Waals surface area contributed by atoms with Gasteiger partial charge in [0.1, 0.15) is 0 Å². The van der Waals surface area contributed by atoms with Gasteiger partial charge in [-0.1, -0.05) is 19.3 Å². The smallest absolute Gasteiger partial charge is 0.00823 e. The lowest BCUT2D eigenvalue weighted by Gasteiger charge is -2.29. The van der Waals surface area contributed by atoms with Crippen LogP contribution in [0, 0.1) is 5.92 Å². The maximum Gasteiger partial charge on any atom is 0.00823 e. The topological polar surface area (TPSA) is 38.0 Å². The highest BCUT2D eigenvalue weighted by Gasteiger charge is 2.24. The Kier molecular flexibility index (Phi) is 3.82. The van der Waals surface area contributed by atoms with E-state index in [4.69, 9.17) is 5.73 Å². The summed E-state index contributed by atoms with van der Waals surface area (Å²) in [6.45, 7) is 1.21. The van der Waals surface area contributed by atoms with Crippen molar-refractivity contribution in [1.82, 2.24) is 5.32 Å². The van der Waals surface area contributed by atoms with E-state index in [0.29, 0.717) is 6.04 Å². The third-order valence-electron chi connectivity index (χ3n) is 3.97. The molecule has 2 heteroatoms. The van der Waals surface area contributed by atoms with Gasteiger partial charge >= 0.3 is 0 Å². The van der Waals surface area contributed by atoms with Crippen molar-refractivity contribution in [3.05, 3.63) is 0 Å². The quantitative estimate of drug-likeness (QED) is 0.725. The zero-order valence-corrected chi connectivity index (χ0v) is 9.17. The van der Waals surface area contributed by atoms with Crippen molar-refractivity contribution in [2.24, 2.45) is 11.7 Å². The Morgan fingerprint density at radius 3 is 2.50 bits per heavy atom. The van der Waals surface area contributed by atoms with Crippen LogP contribution in [-0.4, -0.2) is 18.6 Å². The van der Waals surface area contributed by atoms with Crippen molar-refractivity contribution < 1.29 is 0 Å². The van der Waals surface area contributed by atoms with Crippen LogP contribution in [0.5, 0.6) is 0 Å². The van der Waals surface area contributed by atoms with Crippen LogP contribution in [-0.2, 0) is 0 Å². The predicted octanol–water partition coefficient (Wildman–Crippen LogP) is 2.04. The molecule has 2 unspecified atom stereocenters. The first kappa shape index (κ1) is 10.4. The molecule has 1 saturated carbocycles. The van der Waals surface area contributed by atoms with Gasteiger partial charge in [0.15, 0.2) is 0 Å². The molecule has 0 aromatic carbocycles. The minimum atomic E-state index is 0.464. The minimum Gasteiger partial charge on any atom is -0.327 e. The molecule has 2 rings (SSSR count). The molecule has 2 nitrogen and oxygen atoms in total. The summed E-state index contributed by atoms with van der Waals surface area (Å²) in [6, 6.07) is 1.19. The second kappa shape index (κ2) is 5.13. The lowest BCUT2D eigenvalue weighted by atomic mass is 9.82. The van der Waals surface area contributed by atoms with Gasteiger partial charge in [-0.25, -0.2) is 0 Å². The first-order valence-corrected chi connectivity index (χ1v) is 6.35. The lowest BCUT2D eigenvalue weighted by Crippen LogP contribution is -2.37. The first-order chi connectivity index (χ1) is 6.86. The maximum atomic E-state index is 6.29. The molecular formula is C12H24N2. The summed E-state index contributed by atoms with van der Waals surface area (Å²) in [7, 11) is 0. The summed E-state index contributed by atoms with van der Waals surface area (Å²) in [6.07, 6.45) is 10.9. The second-order valence-electron chi connectivity index (χ2n) is 5.09. The second-order valence-corrected chi connectivity index (χ2v) is 5.09. The van der Waals surface area contributed by atoms with Crippen molar-refractivity contribution in [2.75, 3.05) is 6.54 Å². The number of hydrogen-bond acceptors (Lipinski definition) is 2. The summed E-state index contributed by atoms with van der Waals surface area (Å²) in [5, 5.41) is 3.55. The van der Waals surface area contributed by atoms with Crippen LogP contribution < -0.4 is 11.1 Å². The van der Waals surface area contributed by atoms with Gasteiger partial charge in [0, 0.05) is 12.1 Å². The fourth-order valence-electron chi connectivity index (χ4n) is 3.04. The molecule has 2 aliphatic rings. The minimum absolute atomic E-state index is 0.464. The van der Waals surface area contributed by atoms with Crippen LogP contribution in [0.1, 0.15) is 51.4 Å². The molecule has 0 radical (unpaired) electrons. The number of nitrogens with two attached hydrogens (primary N) is 1. The van der Waals surface area contributed by atoms with Crippen LogP contribution >= 0.6 is 0 Å². The van der Waals surface area contributed by atoms with Crippen LogP contribution in [0.15, 0.2) is 0 Å². The molecule has 2 atom stereocenters. The molecule has 0 spiro atoms. The largest absolute Gasteiger partial charge is 0.327 e. The van der Waals surface area contributed by atoms with Crippen molar-refractivity contribution in [3.63, 3.8) is 0 Å². The fourth-order valence-corrected chi connectivity index (χ4v) is 3.04. The van der Waals surface area contributed by atoms with Crippen molar-refractivity contribution >= 4 is 0 Å². The normalized spacial score (nSPS) is 31.9. The van der Waals surface area contributed by atoms with E-state index in [1.54, 1.807) is 0 Å². The van der Waals surface area contributed by atoms with Gasteiger partial charge in [-0.05, 0) is 44.6 Å². The Labute approximate surface area is 87.6 Å². The van der Waals surface area contributed by atoms with E-state index in [2.05, 4.69) is 5.32 Å². The highest BCUT2D eigenvalue weighted by Crippen LogP contribution is 2.28. The van der Waals surface area contributed by atoms with E-state index in [1.165, 1.54) is 57.9 Å². The molecule has 0 aromatic heterocycles.